The number of anilines is 1. The van der Waals surface area contributed by atoms with Crippen LogP contribution in [-0.2, 0) is 24.8 Å². The minimum Gasteiger partial charge on any atom is -0.492 e. The molecule has 0 aliphatic carbocycles. The number of nitrogens with one attached hydrogen (secondary N) is 1. The molecule has 0 spiro atoms. The third kappa shape index (κ3) is 6.97. The van der Waals surface area contributed by atoms with Gasteiger partial charge in [0.2, 0.25) is 15.9 Å². The molecule has 0 radical (unpaired) electrons. The molecule has 0 unspecified atom stereocenters. The molecule has 38 heavy (non-hydrogen) atoms. The van der Waals surface area contributed by atoms with Gasteiger partial charge in [0, 0.05) is 14.1 Å². The normalized spacial score (nSPS) is 11.8. The highest BCUT2D eigenvalue weighted by Crippen LogP contribution is 2.35. The molecule has 13 heteroatoms. The van der Waals surface area contributed by atoms with Crippen LogP contribution in [0.25, 0.3) is 0 Å². The summed E-state index contributed by atoms with van der Waals surface area (Å²) in [7, 11) is -4.83. The molecule has 204 valence electrons. The number of hydrogen-bond donors (Lipinski definition) is 1. The number of sulfonamides is 2. The molecular formula is C25H27Cl2N3O6S2. The Hall–Kier alpha value is -2.83. The van der Waals surface area contributed by atoms with Crippen LogP contribution < -0.4 is 14.4 Å². The summed E-state index contributed by atoms with van der Waals surface area (Å²) in [5, 5.41) is 2.77. The molecule has 0 aliphatic heterocycles. The van der Waals surface area contributed by atoms with Crippen LogP contribution in [0.3, 0.4) is 0 Å². The lowest BCUT2D eigenvalue weighted by atomic mass is 10.2. The number of hydrogen-bond acceptors (Lipinski definition) is 6. The lowest BCUT2D eigenvalue weighted by Gasteiger charge is -2.25. The van der Waals surface area contributed by atoms with Crippen molar-refractivity contribution in [2.45, 2.75) is 16.7 Å². The SMILES string of the molecule is Cc1ccc(S(=O)(=O)N(CC(=O)NCCOc2ccc(S(=O)(=O)N(C)C)cc2)c2cccc(Cl)c2Cl)cc1. The molecule has 0 aromatic heterocycles. The number of halogens is 2. The van der Waals surface area contributed by atoms with Gasteiger partial charge >= 0.3 is 0 Å². The number of rotatable bonds is 11. The van der Waals surface area contributed by atoms with Gasteiger partial charge in [0.05, 0.1) is 32.1 Å². The van der Waals surface area contributed by atoms with Gasteiger partial charge in [-0.15, -0.1) is 0 Å². The number of benzene rings is 3. The molecular weight excluding hydrogens is 573 g/mol. The van der Waals surface area contributed by atoms with Crippen molar-refractivity contribution in [3.63, 3.8) is 0 Å². The molecule has 0 fully saturated rings. The fourth-order valence-corrected chi connectivity index (χ4v) is 6.07. The Labute approximate surface area is 233 Å². The lowest BCUT2D eigenvalue weighted by Crippen LogP contribution is -2.42. The summed E-state index contributed by atoms with van der Waals surface area (Å²) in [5.41, 5.74) is 0.946. The van der Waals surface area contributed by atoms with Crippen LogP contribution in [0.5, 0.6) is 5.75 Å². The van der Waals surface area contributed by atoms with E-state index >= 15 is 0 Å². The number of amides is 1. The predicted octanol–water partition coefficient (Wildman–Crippen LogP) is 3.94. The zero-order valence-corrected chi connectivity index (χ0v) is 24.0. The largest absolute Gasteiger partial charge is 0.492 e. The average Bonchev–Trinajstić information content (AvgIpc) is 2.87. The Morgan fingerprint density at radius 1 is 0.868 bits per heavy atom. The van der Waals surface area contributed by atoms with Crippen molar-refractivity contribution < 1.29 is 26.4 Å². The Kier molecular flexibility index (Phi) is 9.66. The van der Waals surface area contributed by atoms with Gasteiger partial charge in [0.15, 0.2) is 0 Å². The quantitative estimate of drug-likeness (QED) is 0.334. The second kappa shape index (κ2) is 12.4. The number of aryl methyl sites for hydroxylation is 1. The maximum Gasteiger partial charge on any atom is 0.264 e. The summed E-state index contributed by atoms with van der Waals surface area (Å²) in [6.45, 7) is 1.41. The molecule has 0 bridgehead atoms. The van der Waals surface area contributed by atoms with Crippen LogP contribution in [0.15, 0.2) is 76.5 Å². The number of carbonyl (C=O) groups excluding carboxylic acids is 1. The van der Waals surface area contributed by atoms with Gasteiger partial charge in [-0.3, -0.25) is 9.10 Å². The van der Waals surface area contributed by atoms with Crippen molar-refractivity contribution in [2.75, 3.05) is 38.1 Å². The summed E-state index contributed by atoms with van der Waals surface area (Å²) >= 11 is 12.4. The fourth-order valence-electron chi connectivity index (χ4n) is 3.29. The first-order valence-electron chi connectivity index (χ1n) is 11.3. The molecule has 1 amide bonds. The van der Waals surface area contributed by atoms with Gasteiger partial charge in [-0.2, -0.15) is 0 Å². The van der Waals surface area contributed by atoms with E-state index in [2.05, 4.69) is 5.32 Å². The van der Waals surface area contributed by atoms with Crippen molar-refractivity contribution in [2.24, 2.45) is 0 Å². The van der Waals surface area contributed by atoms with Crippen LogP contribution in [0.2, 0.25) is 10.0 Å². The number of nitrogens with zero attached hydrogens (tertiary/aromatic N) is 2. The summed E-state index contributed by atoms with van der Waals surface area (Å²) < 4.78 is 58.8. The van der Waals surface area contributed by atoms with E-state index in [1.807, 2.05) is 6.92 Å². The zero-order valence-electron chi connectivity index (χ0n) is 20.9. The summed E-state index contributed by atoms with van der Waals surface area (Å²) in [6.07, 6.45) is 0. The molecule has 3 rings (SSSR count). The van der Waals surface area contributed by atoms with Gasteiger partial charge in [-0.05, 0) is 55.5 Å². The Morgan fingerprint density at radius 3 is 2.05 bits per heavy atom. The topological polar surface area (TPSA) is 113 Å². The molecule has 0 heterocycles. The predicted molar refractivity (Wildman–Crippen MR) is 148 cm³/mol. The van der Waals surface area contributed by atoms with E-state index in [-0.39, 0.29) is 38.7 Å². The van der Waals surface area contributed by atoms with E-state index in [9.17, 15) is 21.6 Å². The summed E-state index contributed by atoms with van der Waals surface area (Å²) in [4.78, 5) is 12.9. The highest BCUT2D eigenvalue weighted by atomic mass is 35.5. The minimum absolute atomic E-state index is 0.000662. The third-order valence-corrected chi connectivity index (χ3v) is 9.80. The minimum atomic E-state index is -4.16. The summed E-state index contributed by atoms with van der Waals surface area (Å²) in [6, 6.07) is 16.6. The lowest BCUT2D eigenvalue weighted by molar-refractivity contribution is -0.119. The molecule has 3 aromatic rings. The molecule has 0 atom stereocenters. The van der Waals surface area contributed by atoms with E-state index in [4.69, 9.17) is 27.9 Å². The van der Waals surface area contributed by atoms with E-state index in [1.54, 1.807) is 18.2 Å². The van der Waals surface area contributed by atoms with Crippen molar-refractivity contribution in [1.29, 1.82) is 0 Å². The first-order valence-corrected chi connectivity index (χ1v) is 14.9. The molecule has 0 saturated heterocycles. The van der Waals surface area contributed by atoms with Crippen molar-refractivity contribution >= 4 is 54.8 Å². The molecule has 9 nitrogen and oxygen atoms in total. The average molecular weight is 601 g/mol. The van der Waals surface area contributed by atoms with Gasteiger partial charge in [-0.1, -0.05) is 47.0 Å². The second-order valence-electron chi connectivity index (χ2n) is 8.35. The maximum atomic E-state index is 13.5. The Bertz CT molecular complexity index is 1500. The van der Waals surface area contributed by atoms with E-state index in [0.717, 1.165) is 14.2 Å². The standard InChI is InChI=1S/C25H27Cl2N3O6S2/c1-18-7-11-21(12-8-18)38(34,35)30(23-6-4-5-22(26)25(23)27)17-24(31)28-15-16-36-19-9-13-20(14-10-19)37(32,33)29(2)3/h4-14H,15-17H2,1-3H3,(H,28,31). The maximum absolute atomic E-state index is 13.5. The highest BCUT2D eigenvalue weighted by Gasteiger charge is 2.29. The van der Waals surface area contributed by atoms with Gasteiger partial charge < -0.3 is 10.1 Å². The van der Waals surface area contributed by atoms with E-state index in [0.29, 0.717) is 5.75 Å². The van der Waals surface area contributed by atoms with Crippen LogP contribution in [0.1, 0.15) is 5.56 Å². The van der Waals surface area contributed by atoms with Crippen molar-refractivity contribution in [3.05, 3.63) is 82.3 Å². The van der Waals surface area contributed by atoms with Crippen LogP contribution in [-0.4, -0.2) is 60.8 Å². The smallest absolute Gasteiger partial charge is 0.264 e. The van der Waals surface area contributed by atoms with E-state index < -0.39 is 32.5 Å². The summed E-state index contributed by atoms with van der Waals surface area (Å²) in [5.74, 6) is -0.181. The molecule has 0 saturated carbocycles. The van der Waals surface area contributed by atoms with Crippen LogP contribution in [0, 0.1) is 6.92 Å². The molecule has 0 aliphatic rings. The van der Waals surface area contributed by atoms with Crippen molar-refractivity contribution in [3.8, 4) is 5.75 Å². The monoisotopic (exact) mass is 599 g/mol. The van der Waals surface area contributed by atoms with E-state index in [1.165, 1.54) is 62.6 Å². The first-order chi connectivity index (χ1) is 17.8. The van der Waals surface area contributed by atoms with Crippen molar-refractivity contribution in [1.82, 2.24) is 9.62 Å². The third-order valence-electron chi connectivity index (χ3n) is 5.39. The van der Waals surface area contributed by atoms with Gasteiger partial charge in [-0.25, -0.2) is 21.1 Å². The van der Waals surface area contributed by atoms with Crippen LogP contribution in [0.4, 0.5) is 5.69 Å². The van der Waals surface area contributed by atoms with Crippen LogP contribution >= 0.6 is 23.2 Å². The number of ether oxygens (including phenoxy) is 1. The second-order valence-corrected chi connectivity index (χ2v) is 13.2. The number of carbonyl (C=O) groups is 1. The first kappa shape index (κ1) is 29.7. The van der Waals surface area contributed by atoms with Gasteiger partial charge in [0.25, 0.3) is 10.0 Å². The highest BCUT2D eigenvalue weighted by molar-refractivity contribution is 7.93. The fraction of sp³-hybridized carbons (Fsp3) is 0.240. The Balaban J connectivity index is 1.68. The van der Waals surface area contributed by atoms with Gasteiger partial charge in [0.1, 0.15) is 18.9 Å². The Morgan fingerprint density at radius 2 is 1.45 bits per heavy atom. The molecule has 1 N–H and O–H groups in total. The molecule has 3 aromatic carbocycles. The zero-order chi connectivity index (χ0) is 28.1.